The number of carbonyl (C=O) groups is 1. The van der Waals surface area contributed by atoms with Crippen LogP contribution in [0.1, 0.15) is 37.7 Å². The van der Waals surface area contributed by atoms with Crippen LogP contribution < -0.4 is 15.4 Å². The summed E-state index contributed by atoms with van der Waals surface area (Å²) < 4.78 is 5.94. The Hall–Kier alpha value is -1.61. The molecule has 1 aromatic rings. The molecule has 3 rings (SSSR count). The number of rotatable bonds is 4. The molecule has 1 saturated heterocycles. The van der Waals surface area contributed by atoms with Gasteiger partial charge in [-0.2, -0.15) is 0 Å². The summed E-state index contributed by atoms with van der Waals surface area (Å²) in [6.07, 6.45) is 7.24. The van der Waals surface area contributed by atoms with Crippen molar-refractivity contribution in [2.45, 2.75) is 44.2 Å². The zero-order valence-electron chi connectivity index (χ0n) is 13.3. The first-order valence-corrected chi connectivity index (χ1v) is 8.86. The number of benzene rings is 1. The molecule has 124 valence electrons. The fraction of sp³-hybridized carbons (Fsp3) is 0.529. The summed E-state index contributed by atoms with van der Waals surface area (Å²) in [5.41, 5.74) is 0.780. The van der Waals surface area contributed by atoms with Gasteiger partial charge in [0.25, 0.3) is 0 Å². The first kappa shape index (κ1) is 16.3. The Morgan fingerprint density at radius 1 is 1.30 bits per heavy atom. The van der Waals surface area contributed by atoms with Crippen LogP contribution in [0.4, 0.5) is 4.79 Å². The highest BCUT2D eigenvalue weighted by Gasteiger charge is 2.33. The van der Waals surface area contributed by atoms with Crippen LogP contribution in [0, 0.1) is 5.41 Å². The summed E-state index contributed by atoms with van der Waals surface area (Å²) in [5.74, 6) is 0.713. The number of carbonyl (C=O) groups excluding carboxylic acids is 1. The van der Waals surface area contributed by atoms with Gasteiger partial charge in [-0.25, -0.2) is 4.79 Å². The molecule has 6 heteroatoms. The zero-order valence-corrected chi connectivity index (χ0v) is 14.4. The molecule has 2 N–H and O–H groups in total. The number of nitrogens with one attached hydrogen (secondary N) is 2. The molecule has 1 heterocycles. The van der Waals surface area contributed by atoms with Crippen LogP contribution in [0.2, 0.25) is 0 Å². The van der Waals surface area contributed by atoms with Crippen LogP contribution in [0.25, 0.3) is 0 Å². The van der Waals surface area contributed by atoms with E-state index in [1.54, 1.807) is 4.90 Å². The van der Waals surface area contributed by atoms with Crippen molar-refractivity contribution in [3.8, 4) is 5.75 Å². The quantitative estimate of drug-likeness (QED) is 0.656. The predicted octanol–water partition coefficient (Wildman–Crippen LogP) is 2.29. The lowest BCUT2D eigenvalue weighted by atomic mass is 9.95. The summed E-state index contributed by atoms with van der Waals surface area (Å²) in [4.78, 5) is 14.0. The Labute approximate surface area is 139 Å². The number of urea groups is 1. The third-order valence-electron chi connectivity index (χ3n) is 4.61. The SMILES string of the molecule is N=Cc1c(P)cccc1OC1CN(C(=O)NC2CCCCC2)C1. The van der Waals surface area contributed by atoms with Crippen LogP contribution in [-0.4, -0.2) is 42.4 Å². The smallest absolute Gasteiger partial charge is 0.317 e. The second-order valence-electron chi connectivity index (χ2n) is 6.33. The standard InChI is InChI=1S/C17H24N3O2P/c18-9-14-15(7-4-8-16(14)23)22-13-10-20(11-13)17(21)19-12-5-2-1-3-6-12/h4,7-9,12-13,18H,1-3,5-6,10-11,23H2,(H,19,21). The van der Waals surface area contributed by atoms with Crippen LogP contribution in [-0.2, 0) is 0 Å². The summed E-state index contributed by atoms with van der Waals surface area (Å²) in [5, 5.41) is 11.6. The topological polar surface area (TPSA) is 65.4 Å². The van der Waals surface area contributed by atoms with Crippen molar-refractivity contribution in [3.63, 3.8) is 0 Å². The molecular formula is C17H24N3O2P. The van der Waals surface area contributed by atoms with Gasteiger partial charge in [0.2, 0.25) is 0 Å². The van der Waals surface area contributed by atoms with Gasteiger partial charge >= 0.3 is 6.03 Å². The van der Waals surface area contributed by atoms with E-state index in [0.29, 0.717) is 24.9 Å². The Kier molecular flexibility index (Phi) is 5.16. The van der Waals surface area contributed by atoms with Crippen molar-refractivity contribution in [2.24, 2.45) is 0 Å². The highest BCUT2D eigenvalue weighted by molar-refractivity contribution is 7.27. The maximum atomic E-state index is 12.2. The van der Waals surface area contributed by atoms with E-state index in [0.717, 1.165) is 23.7 Å². The molecule has 0 aromatic heterocycles. The van der Waals surface area contributed by atoms with Gasteiger partial charge in [-0.3, -0.25) is 0 Å². The molecule has 1 atom stereocenters. The number of hydrogen-bond donors (Lipinski definition) is 2. The third-order valence-corrected chi connectivity index (χ3v) is 5.11. The number of ether oxygens (including phenoxy) is 1. The van der Waals surface area contributed by atoms with E-state index >= 15 is 0 Å². The minimum absolute atomic E-state index is 0.0117. The first-order valence-electron chi connectivity index (χ1n) is 8.28. The van der Waals surface area contributed by atoms with Gasteiger partial charge in [-0.1, -0.05) is 31.4 Å². The molecule has 1 saturated carbocycles. The monoisotopic (exact) mass is 333 g/mol. The summed E-state index contributed by atoms with van der Waals surface area (Å²) in [7, 11) is 2.62. The molecule has 2 aliphatic rings. The van der Waals surface area contributed by atoms with Crippen molar-refractivity contribution < 1.29 is 9.53 Å². The van der Waals surface area contributed by atoms with E-state index in [1.807, 2.05) is 18.2 Å². The van der Waals surface area contributed by atoms with Crippen LogP contribution >= 0.6 is 9.24 Å². The van der Waals surface area contributed by atoms with E-state index in [4.69, 9.17) is 10.1 Å². The number of likely N-dealkylation sites (tertiary alicyclic amines) is 1. The largest absolute Gasteiger partial charge is 0.486 e. The Morgan fingerprint density at radius 3 is 2.74 bits per heavy atom. The highest BCUT2D eigenvalue weighted by atomic mass is 31.0. The summed E-state index contributed by atoms with van der Waals surface area (Å²) >= 11 is 0. The predicted molar refractivity (Wildman–Crippen MR) is 95.1 cm³/mol. The second kappa shape index (κ2) is 7.31. The molecule has 0 spiro atoms. The summed E-state index contributed by atoms with van der Waals surface area (Å²) in [6.45, 7) is 1.22. The Morgan fingerprint density at radius 2 is 2.04 bits per heavy atom. The Bertz CT molecular complexity index is 581. The van der Waals surface area contributed by atoms with Gasteiger partial charge in [-0.05, 0) is 24.2 Å². The molecule has 1 aliphatic carbocycles. The van der Waals surface area contributed by atoms with Gasteiger partial charge in [0.1, 0.15) is 11.9 Å². The van der Waals surface area contributed by atoms with Crippen LogP contribution in [0.15, 0.2) is 18.2 Å². The average Bonchev–Trinajstić information content (AvgIpc) is 2.51. The third kappa shape index (κ3) is 3.84. The van der Waals surface area contributed by atoms with E-state index in [1.165, 1.54) is 25.5 Å². The van der Waals surface area contributed by atoms with Crippen molar-refractivity contribution in [3.05, 3.63) is 23.8 Å². The van der Waals surface area contributed by atoms with Crippen molar-refractivity contribution in [2.75, 3.05) is 13.1 Å². The van der Waals surface area contributed by atoms with Crippen molar-refractivity contribution >= 4 is 26.8 Å². The normalized spacial score (nSPS) is 19.1. The molecule has 2 amide bonds. The highest BCUT2D eigenvalue weighted by Crippen LogP contribution is 2.22. The van der Waals surface area contributed by atoms with Crippen LogP contribution in [0.3, 0.4) is 0 Å². The van der Waals surface area contributed by atoms with E-state index in [9.17, 15) is 4.79 Å². The summed E-state index contributed by atoms with van der Waals surface area (Å²) in [6, 6.07) is 6.09. The fourth-order valence-corrected chi connectivity index (χ4v) is 3.53. The average molecular weight is 333 g/mol. The van der Waals surface area contributed by atoms with Gasteiger partial charge in [0.15, 0.2) is 0 Å². The minimum atomic E-state index is 0.0117. The number of nitrogens with zero attached hydrogens (tertiary/aromatic N) is 1. The molecule has 5 nitrogen and oxygen atoms in total. The molecular weight excluding hydrogens is 309 g/mol. The fourth-order valence-electron chi connectivity index (χ4n) is 3.19. The first-order chi connectivity index (χ1) is 11.2. The lowest BCUT2D eigenvalue weighted by molar-refractivity contribution is 0.0429. The molecule has 0 bridgehead atoms. The van der Waals surface area contributed by atoms with Crippen LogP contribution in [0.5, 0.6) is 5.75 Å². The number of hydrogen-bond acceptors (Lipinski definition) is 3. The lowest BCUT2D eigenvalue weighted by Gasteiger charge is -2.40. The minimum Gasteiger partial charge on any atom is -0.486 e. The van der Waals surface area contributed by atoms with E-state index in [-0.39, 0.29) is 12.1 Å². The molecule has 1 unspecified atom stereocenters. The van der Waals surface area contributed by atoms with Gasteiger partial charge in [0.05, 0.1) is 13.1 Å². The maximum Gasteiger partial charge on any atom is 0.317 e. The molecule has 1 aliphatic heterocycles. The van der Waals surface area contributed by atoms with Gasteiger partial charge in [0, 0.05) is 17.8 Å². The zero-order chi connectivity index (χ0) is 16.2. The van der Waals surface area contributed by atoms with Crippen molar-refractivity contribution in [1.82, 2.24) is 10.2 Å². The van der Waals surface area contributed by atoms with Gasteiger partial charge in [-0.15, -0.1) is 9.24 Å². The second-order valence-corrected chi connectivity index (χ2v) is 6.95. The lowest BCUT2D eigenvalue weighted by Crippen LogP contribution is -2.60. The molecule has 0 radical (unpaired) electrons. The van der Waals surface area contributed by atoms with E-state index in [2.05, 4.69) is 14.6 Å². The Balaban J connectivity index is 1.48. The molecule has 23 heavy (non-hydrogen) atoms. The van der Waals surface area contributed by atoms with Crippen molar-refractivity contribution in [1.29, 1.82) is 5.41 Å². The maximum absolute atomic E-state index is 12.2. The number of amides is 2. The molecule has 2 fully saturated rings. The van der Waals surface area contributed by atoms with E-state index < -0.39 is 0 Å². The van der Waals surface area contributed by atoms with Gasteiger partial charge < -0.3 is 20.4 Å². The molecule has 1 aromatic carbocycles.